The molecular formula is C13H15ClN2O. The van der Waals surface area contributed by atoms with Gasteiger partial charge in [-0.1, -0.05) is 0 Å². The van der Waals surface area contributed by atoms with Gasteiger partial charge in [-0.3, -0.25) is 4.79 Å². The highest BCUT2D eigenvalue weighted by Crippen LogP contribution is 2.05. The van der Waals surface area contributed by atoms with Crippen molar-refractivity contribution < 1.29 is 4.79 Å². The number of nitrogens with one attached hydrogen (secondary N) is 1. The first kappa shape index (κ1) is 13.5. The maximum absolute atomic E-state index is 11.8. The van der Waals surface area contributed by atoms with E-state index in [0.29, 0.717) is 17.0 Å². The van der Waals surface area contributed by atoms with Gasteiger partial charge in [-0.2, -0.15) is 5.26 Å². The Bertz CT molecular complexity index is 408. The third-order valence-corrected chi connectivity index (χ3v) is 2.69. The zero-order valence-electron chi connectivity index (χ0n) is 9.74. The van der Waals surface area contributed by atoms with Crippen molar-refractivity contribution in [3.8, 4) is 6.07 Å². The lowest BCUT2D eigenvalue weighted by molar-refractivity contribution is 0.0938. The first-order valence-electron chi connectivity index (χ1n) is 5.54. The summed E-state index contributed by atoms with van der Waals surface area (Å²) in [5, 5.41) is 11.5. The zero-order chi connectivity index (χ0) is 12.7. The summed E-state index contributed by atoms with van der Waals surface area (Å²) in [4.78, 5) is 11.8. The number of hydrogen-bond donors (Lipinski definition) is 1. The molecule has 0 saturated carbocycles. The third kappa shape index (κ3) is 4.46. The predicted octanol–water partition coefficient (Wildman–Crippen LogP) is 2.70. The fourth-order valence-corrected chi connectivity index (χ4v) is 1.61. The summed E-state index contributed by atoms with van der Waals surface area (Å²) in [7, 11) is 0. The largest absolute Gasteiger partial charge is 0.350 e. The van der Waals surface area contributed by atoms with Gasteiger partial charge in [-0.15, -0.1) is 11.6 Å². The van der Waals surface area contributed by atoms with E-state index < -0.39 is 0 Å². The molecule has 1 amide bonds. The van der Waals surface area contributed by atoms with E-state index >= 15 is 0 Å². The number of carbonyl (C=O) groups excluding carboxylic acids is 1. The molecule has 0 fully saturated rings. The van der Waals surface area contributed by atoms with Crippen molar-refractivity contribution >= 4 is 17.5 Å². The molecule has 4 heteroatoms. The first-order chi connectivity index (χ1) is 8.17. The molecule has 0 radical (unpaired) electrons. The molecule has 1 N–H and O–H groups in total. The Morgan fingerprint density at radius 2 is 2.12 bits per heavy atom. The standard InChI is InChI=1S/C13H15ClN2O/c1-10(3-2-8-14)16-13(17)12-6-4-11(9-15)5-7-12/h4-7,10H,2-3,8H2,1H3,(H,16,17). The zero-order valence-corrected chi connectivity index (χ0v) is 10.5. The van der Waals surface area contributed by atoms with Crippen molar-refractivity contribution in [2.45, 2.75) is 25.8 Å². The van der Waals surface area contributed by atoms with Gasteiger partial charge in [0.25, 0.3) is 5.91 Å². The summed E-state index contributed by atoms with van der Waals surface area (Å²) in [6, 6.07) is 8.71. The molecule has 1 unspecified atom stereocenters. The summed E-state index contributed by atoms with van der Waals surface area (Å²) < 4.78 is 0. The van der Waals surface area contributed by atoms with E-state index in [0.717, 1.165) is 12.8 Å². The van der Waals surface area contributed by atoms with Gasteiger partial charge in [0.1, 0.15) is 0 Å². The number of nitrogens with zero attached hydrogens (tertiary/aromatic N) is 1. The average molecular weight is 251 g/mol. The maximum Gasteiger partial charge on any atom is 0.251 e. The number of alkyl halides is 1. The lowest BCUT2D eigenvalue weighted by atomic mass is 10.1. The average Bonchev–Trinajstić information content (AvgIpc) is 2.36. The number of carbonyl (C=O) groups is 1. The quantitative estimate of drug-likeness (QED) is 0.817. The van der Waals surface area contributed by atoms with Crippen molar-refractivity contribution in [1.82, 2.24) is 5.32 Å². The fraction of sp³-hybridized carbons (Fsp3) is 0.385. The number of benzene rings is 1. The van der Waals surface area contributed by atoms with E-state index in [1.54, 1.807) is 24.3 Å². The van der Waals surface area contributed by atoms with Gasteiger partial charge in [0.2, 0.25) is 0 Å². The number of hydrogen-bond acceptors (Lipinski definition) is 2. The summed E-state index contributed by atoms with van der Waals surface area (Å²) in [5.74, 6) is 0.494. The highest BCUT2D eigenvalue weighted by molar-refractivity contribution is 6.17. The SMILES string of the molecule is CC(CCCCl)NC(=O)c1ccc(C#N)cc1. The summed E-state index contributed by atoms with van der Waals surface area (Å²) in [6.45, 7) is 1.95. The smallest absolute Gasteiger partial charge is 0.251 e. The molecule has 0 aromatic heterocycles. The Balaban J connectivity index is 2.54. The van der Waals surface area contributed by atoms with Gasteiger partial charge >= 0.3 is 0 Å². The highest BCUT2D eigenvalue weighted by atomic mass is 35.5. The second-order valence-corrected chi connectivity index (χ2v) is 4.27. The van der Waals surface area contributed by atoms with Crippen LogP contribution < -0.4 is 5.32 Å². The molecule has 3 nitrogen and oxygen atoms in total. The minimum atomic E-state index is -0.114. The van der Waals surface area contributed by atoms with E-state index in [1.165, 1.54) is 0 Å². The van der Waals surface area contributed by atoms with Crippen LogP contribution in [-0.2, 0) is 0 Å². The van der Waals surface area contributed by atoms with Gasteiger partial charge in [0.15, 0.2) is 0 Å². The summed E-state index contributed by atoms with van der Waals surface area (Å²) in [5.41, 5.74) is 1.12. The molecule has 17 heavy (non-hydrogen) atoms. The Morgan fingerprint density at radius 1 is 1.47 bits per heavy atom. The third-order valence-electron chi connectivity index (χ3n) is 2.42. The lowest BCUT2D eigenvalue weighted by Gasteiger charge is -2.12. The normalized spacial score (nSPS) is 11.6. The Labute approximate surface area is 106 Å². The van der Waals surface area contributed by atoms with Crippen LogP contribution in [0, 0.1) is 11.3 Å². The molecule has 0 bridgehead atoms. The van der Waals surface area contributed by atoms with Crippen LogP contribution in [0.1, 0.15) is 35.7 Å². The van der Waals surface area contributed by atoms with E-state index in [1.807, 2.05) is 13.0 Å². The number of amides is 1. The van der Waals surface area contributed by atoms with Crippen LogP contribution in [-0.4, -0.2) is 17.8 Å². The fourth-order valence-electron chi connectivity index (χ4n) is 1.46. The van der Waals surface area contributed by atoms with Gasteiger partial charge in [0.05, 0.1) is 11.6 Å². The van der Waals surface area contributed by atoms with Crippen molar-refractivity contribution in [3.63, 3.8) is 0 Å². The van der Waals surface area contributed by atoms with Gasteiger partial charge in [0, 0.05) is 17.5 Å². The van der Waals surface area contributed by atoms with E-state index in [2.05, 4.69) is 5.32 Å². The molecule has 90 valence electrons. The monoisotopic (exact) mass is 250 g/mol. The molecule has 1 rings (SSSR count). The molecule has 1 atom stereocenters. The second kappa shape index (κ2) is 6.93. The Kier molecular flexibility index (Phi) is 5.51. The van der Waals surface area contributed by atoms with Crippen LogP contribution >= 0.6 is 11.6 Å². The second-order valence-electron chi connectivity index (χ2n) is 3.89. The van der Waals surface area contributed by atoms with E-state index in [9.17, 15) is 4.79 Å². The molecular weight excluding hydrogens is 236 g/mol. The minimum absolute atomic E-state index is 0.108. The van der Waals surface area contributed by atoms with E-state index in [4.69, 9.17) is 16.9 Å². The molecule has 0 aliphatic carbocycles. The maximum atomic E-state index is 11.8. The van der Waals surface area contributed by atoms with Gasteiger partial charge in [-0.25, -0.2) is 0 Å². The van der Waals surface area contributed by atoms with Crippen molar-refractivity contribution in [2.75, 3.05) is 5.88 Å². The number of halogens is 1. The Morgan fingerprint density at radius 3 is 2.65 bits per heavy atom. The van der Waals surface area contributed by atoms with Crippen LogP contribution in [0.4, 0.5) is 0 Å². The van der Waals surface area contributed by atoms with Crippen molar-refractivity contribution in [2.24, 2.45) is 0 Å². The molecule has 0 spiro atoms. The van der Waals surface area contributed by atoms with E-state index in [-0.39, 0.29) is 11.9 Å². The number of nitriles is 1. The van der Waals surface area contributed by atoms with Crippen LogP contribution in [0.2, 0.25) is 0 Å². The summed E-state index contributed by atoms with van der Waals surface area (Å²) in [6.07, 6.45) is 1.75. The lowest BCUT2D eigenvalue weighted by Crippen LogP contribution is -2.32. The molecule has 0 saturated heterocycles. The van der Waals surface area contributed by atoms with Crippen LogP contribution in [0.5, 0.6) is 0 Å². The van der Waals surface area contributed by atoms with Crippen LogP contribution in [0.15, 0.2) is 24.3 Å². The molecule has 0 heterocycles. The van der Waals surface area contributed by atoms with Crippen LogP contribution in [0.3, 0.4) is 0 Å². The highest BCUT2D eigenvalue weighted by Gasteiger charge is 2.09. The van der Waals surface area contributed by atoms with Crippen molar-refractivity contribution in [3.05, 3.63) is 35.4 Å². The Hall–Kier alpha value is -1.53. The van der Waals surface area contributed by atoms with Gasteiger partial charge in [-0.05, 0) is 44.0 Å². The molecule has 0 aliphatic heterocycles. The van der Waals surface area contributed by atoms with Gasteiger partial charge < -0.3 is 5.32 Å². The van der Waals surface area contributed by atoms with Crippen molar-refractivity contribution in [1.29, 1.82) is 5.26 Å². The molecule has 1 aromatic rings. The topological polar surface area (TPSA) is 52.9 Å². The molecule has 0 aliphatic rings. The predicted molar refractivity (Wildman–Crippen MR) is 68.0 cm³/mol. The number of rotatable bonds is 5. The van der Waals surface area contributed by atoms with Crippen LogP contribution in [0.25, 0.3) is 0 Å². The minimum Gasteiger partial charge on any atom is -0.350 e. The summed E-state index contributed by atoms with van der Waals surface area (Å²) >= 11 is 5.59. The first-order valence-corrected chi connectivity index (χ1v) is 6.08. The molecule has 1 aromatic carbocycles.